The molecule has 1 aliphatic rings. The second-order valence-corrected chi connectivity index (χ2v) is 4.18. The molecule has 1 amide bonds. The lowest BCUT2D eigenvalue weighted by atomic mass is 10.1. The van der Waals surface area contributed by atoms with E-state index in [1.54, 1.807) is 13.2 Å². The van der Waals surface area contributed by atoms with Gasteiger partial charge in [0.15, 0.2) is 0 Å². The summed E-state index contributed by atoms with van der Waals surface area (Å²) in [6.07, 6.45) is 2.28. The molecule has 0 bridgehead atoms. The van der Waals surface area contributed by atoms with Crippen LogP contribution in [0, 0.1) is 0 Å². The van der Waals surface area contributed by atoms with Crippen molar-refractivity contribution in [1.82, 2.24) is 0 Å². The fraction of sp³-hybridized carbons (Fsp3) is 0.462. The predicted octanol–water partition coefficient (Wildman–Crippen LogP) is 2.39. The number of amides is 1. The third kappa shape index (κ3) is 2.38. The zero-order valence-electron chi connectivity index (χ0n) is 10.7. The number of ether oxygens (including phenoxy) is 1. The number of hydrogen-bond donors (Lipinski definition) is 1. The first-order chi connectivity index (χ1) is 8.19. The van der Waals surface area contributed by atoms with Gasteiger partial charge in [0.2, 0.25) is 5.91 Å². The van der Waals surface area contributed by atoms with Crippen LogP contribution in [0.15, 0.2) is 12.1 Å². The van der Waals surface area contributed by atoms with Crippen LogP contribution >= 0.6 is 12.4 Å². The SMILES string of the molecule is CCN1C(=O)CCCc2c1ccc(N)c2OC.Cl. The minimum absolute atomic E-state index is 0. The number of anilines is 2. The quantitative estimate of drug-likeness (QED) is 0.840. The van der Waals surface area contributed by atoms with Gasteiger partial charge in [-0.25, -0.2) is 0 Å². The number of halogens is 1. The van der Waals surface area contributed by atoms with E-state index < -0.39 is 0 Å². The van der Waals surface area contributed by atoms with Crippen LogP contribution in [0.2, 0.25) is 0 Å². The van der Waals surface area contributed by atoms with Crippen LogP contribution in [0.25, 0.3) is 0 Å². The molecule has 0 saturated carbocycles. The van der Waals surface area contributed by atoms with E-state index in [1.165, 1.54) is 0 Å². The van der Waals surface area contributed by atoms with Crippen molar-refractivity contribution in [2.24, 2.45) is 0 Å². The second-order valence-electron chi connectivity index (χ2n) is 4.18. The second kappa shape index (κ2) is 5.96. The van der Waals surface area contributed by atoms with E-state index in [0.717, 1.165) is 29.8 Å². The molecule has 0 unspecified atom stereocenters. The molecule has 2 rings (SSSR count). The van der Waals surface area contributed by atoms with Crippen LogP contribution in [0.4, 0.5) is 11.4 Å². The zero-order valence-corrected chi connectivity index (χ0v) is 11.5. The molecule has 0 spiro atoms. The molecule has 5 heteroatoms. The summed E-state index contributed by atoms with van der Waals surface area (Å²) in [7, 11) is 1.62. The van der Waals surface area contributed by atoms with Crippen LogP contribution in [-0.4, -0.2) is 19.6 Å². The lowest BCUT2D eigenvalue weighted by Gasteiger charge is -2.23. The summed E-state index contributed by atoms with van der Waals surface area (Å²) in [5, 5.41) is 0. The number of rotatable bonds is 2. The molecule has 1 aliphatic heterocycles. The first kappa shape index (κ1) is 14.6. The smallest absolute Gasteiger partial charge is 0.226 e. The predicted molar refractivity (Wildman–Crippen MR) is 75.6 cm³/mol. The summed E-state index contributed by atoms with van der Waals surface area (Å²) in [6.45, 7) is 2.66. The van der Waals surface area contributed by atoms with Crippen molar-refractivity contribution in [3.63, 3.8) is 0 Å². The van der Waals surface area contributed by atoms with E-state index >= 15 is 0 Å². The highest BCUT2D eigenvalue weighted by molar-refractivity contribution is 5.95. The Hall–Kier alpha value is -1.42. The molecular formula is C13H19ClN2O2. The van der Waals surface area contributed by atoms with Gasteiger partial charge in [0.1, 0.15) is 5.75 Å². The molecule has 0 aromatic heterocycles. The maximum Gasteiger partial charge on any atom is 0.226 e. The summed E-state index contributed by atoms with van der Waals surface area (Å²) >= 11 is 0. The molecule has 0 fully saturated rings. The molecule has 1 heterocycles. The molecular weight excluding hydrogens is 252 g/mol. The van der Waals surface area contributed by atoms with Crippen molar-refractivity contribution >= 4 is 29.7 Å². The first-order valence-corrected chi connectivity index (χ1v) is 5.94. The van der Waals surface area contributed by atoms with Gasteiger partial charge in [0, 0.05) is 18.5 Å². The number of fused-ring (bicyclic) bond motifs is 1. The number of hydrogen-bond acceptors (Lipinski definition) is 3. The van der Waals surface area contributed by atoms with Gasteiger partial charge in [0.05, 0.1) is 18.5 Å². The van der Waals surface area contributed by atoms with Crippen molar-refractivity contribution in [2.75, 3.05) is 24.3 Å². The van der Waals surface area contributed by atoms with E-state index in [2.05, 4.69) is 0 Å². The standard InChI is InChI=1S/C13H18N2O2.ClH/c1-3-15-11-8-7-10(14)13(17-2)9(11)5-4-6-12(15)16;/h7-8H,3-6,14H2,1-2H3;1H. The number of methoxy groups -OCH3 is 1. The summed E-state index contributed by atoms with van der Waals surface area (Å²) in [5.41, 5.74) is 8.54. The van der Waals surface area contributed by atoms with Gasteiger partial charge >= 0.3 is 0 Å². The topological polar surface area (TPSA) is 55.6 Å². The molecule has 0 saturated heterocycles. The number of benzene rings is 1. The van der Waals surface area contributed by atoms with Gasteiger partial charge in [0.25, 0.3) is 0 Å². The number of nitrogen functional groups attached to an aromatic ring is 1. The molecule has 1 aromatic carbocycles. The third-order valence-corrected chi connectivity index (χ3v) is 3.20. The largest absolute Gasteiger partial charge is 0.494 e. The molecule has 0 aliphatic carbocycles. The minimum atomic E-state index is 0. The van der Waals surface area contributed by atoms with Gasteiger partial charge < -0.3 is 15.4 Å². The normalized spacial score (nSPS) is 14.6. The van der Waals surface area contributed by atoms with Gasteiger partial charge in [-0.1, -0.05) is 0 Å². The molecule has 0 atom stereocenters. The summed E-state index contributed by atoms with van der Waals surface area (Å²) < 4.78 is 5.36. The molecule has 4 nitrogen and oxygen atoms in total. The van der Waals surface area contributed by atoms with Crippen molar-refractivity contribution in [2.45, 2.75) is 26.2 Å². The van der Waals surface area contributed by atoms with Crippen LogP contribution in [0.1, 0.15) is 25.3 Å². The van der Waals surface area contributed by atoms with Crippen molar-refractivity contribution < 1.29 is 9.53 Å². The van der Waals surface area contributed by atoms with Gasteiger partial charge in [-0.2, -0.15) is 0 Å². The minimum Gasteiger partial charge on any atom is -0.494 e. The Morgan fingerprint density at radius 3 is 2.72 bits per heavy atom. The Kier molecular flexibility index (Phi) is 4.84. The van der Waals surface area contributed by atoms with Crippen LogP contribution < -0.4 is 15.4 Å². The Bertz CT molecular complexity index is 449. The third-order valence-electron chi connectivity index (χ3n) is 3.20. The Morgan fingerprint density at radius 1 is 1.39 bits per heavy atom. The van der Waals surface area contributed by atoms with E-state index in [-0.39, 0.29) is 18.3 Å². The van der Waals surface area contributed by atoms with Gasteiger partial charge in [-0.15, -0.1) is 12.4 Å². The number of carbonyl (C=O) groups excluding carboxylic acids is 1. The van der Waals surface area contributed by atoms with E-state index in [9.17, 15) is 4.79 Å². The Morgan fingerprint density at radius 2 is 2.11 bits per heavy atom. The molecule has 100 valence electrons. The fourth-order valence-corrected chi connectivity index (χ4v) is 2.40. The maximum absolute atomic E-state index is 11.9. The van der Waals surface area contributed by atoms with E-state index in [0.29, 0.717) is 18.7 Å². The van der Waals surface area contributed by atoms with Crippen molar-refractivity contribution in [3.8, 4) is 5.75 Å². The summed E-state index contributed by atoms with van der Waals surface area (Å²) in [4.78, 5) is 13.8. The molecule has 18 heavy (non-hydrogen) atoms. The van der Waals surface area contributed by atoms with Crippen molar-refractivity contribution in [1.29, 1.82) is 0 Å². The number of nitrogens with zero attached hydrogens (tertiary/aromatic N) is 1. The van der Waals surface area contributed by atoms with E-state index in [4.69, 9.17) is 10.5 Å². The number of nitrogens with two attached hydrogens (primary N) is 1. The maximum atomic E-state index is 11.9. The summed E-state index contributed by atoms with van der Waals surface area (Å²) in [6, 6.07) is 3.72. The monoisotopic (exact) mass is 270 g/mol. The highest BCUT2D eigenvalue weighted by Gasteiger charge is 2.24. The van der Waals surface area contributed by atoms with Crippen molar-refractivity contribution in [3.05, 3.63) is 17.7 Å². The van der Waals surface area contributed by atoms with Crippen LogP contribution in [0.5, 0.6) is 5.75 Å². The highest BCUT2D eigenvalue weighted by Crippen LogP contribution is 2.37. The molecule has 0 radical (unpaired) electrons. The average Bonchev–Trinajstić information content (AvgIpc) is 2.47. The average molecular weight is 271 g/mol. The van der Waals surface area contributed by atoms with Crippen LogP contribution in [0.3, 0.4) is 0 Å². The molecule has 1 aromatic rings. The summed E-state index contributed by atoms with van der Waals surface area (Å²) in [5.74, 6) is 0.897. The lowest BCUT2D eigenvalue weighted by molar-refractivity contribution is -0.118. The molecule has 2 N–H and O–H groups in total. The number of carbonyl (C=O) groups is 1. The van der Waals surface area contributed by atoms with Gasteiger partial charge in [-0.05, 0) is 31.9 Å². The Balaban J connectivity index is 0.00000162. The van der Waals surface area contributed by atoms with E-state index in [1.807, 2.05) is 17.9 Å². The first-order valence-electron chi connectivity index (χ1n) is 5.94. The Labute approximate surface area is 114 Å². The fourth-order valence-electron chi connectivity index (χ4n) is 2.40. The van der Waals surface area contributed by atoms with Crippen LogP contribution in [-0.2, 0) is 11.2 Å². The zero-order chi connectivity index (χ0) is 12.4. The lowest BCUT2D eigenvalue weighted by Crippen LogP contribution is -2.29. The van der Waals surface area contributed by atoms with Gasteiger partial charge in [-0.3, -0.25) is 4.79 Å². The highest BCUT2D eigenvalue weighted by atomic mass is 35.5.